The normalized spacial score (nSPS) is 18.9. The van der Waals surface area contributed by atoms with Gasteiger partial charge < -0.3 is 5.11 Å². The van der Waals surface area contributed by atoms with Crippen molar-refractivity contribution in [2.45, 2.75) is 37.5 Å². The number of hydrogen-bond donors (Lipinski definition) is 2. The van der Waals surface area contributed by atoms with Crippen LogP contribution in [0.15, 0.2) is 24.3 Å². The predicted octanol–water partition coefficient (Wildman–Crippen LogP) is 2.76. The minimum atomic E-state index is -4.41. The van der Waals surface area contributed by atoms with Crippen molar-refractivity contribution in [1.29, 1.82) is 0 Å². The number of hydrogen-bond acceptors (Lipinski definition) is 2. The van der Waals surface area contributed by atoms with Crippen molar-refractivity contribution >= 4 is 5.97 Å². The highest BCUT2D eigenvalue weighted by molar-refractivity contribution is 5.80. The monoisotopic (exact) mass is 273 g/mol. The number of alkyl halides is 3. The van der Waals surface area contributed by atoms with Crippen LogP contribution in [0.2, 0.25) is 0 Å². The number of carboxylic acids is 1. The largest absolute Gasteiger partial charge is 0.480 e. The number of rotatable bonds is 4. The Morgan fingerprint density at radius 2 is 1.68 bits per heavy atom. The molecule has 1 aromatic carbocycles. The number of carbonyl (C=O) groups is 1. The van der Waals surface area contributed by atoms with Crippen molar-refractivity contribution < 1.29 is 23.1 Å². The van der Waals surface area contributed by atoms with Gasteiger partial charge in [0.25, 0.3) is 0 Å². The highest BCUT2D eigenvalue weighted by Crippen LogP contribution is 2.32. The summed E-state index contributed by atoms with van der Waals surface area (Å²) in [6.07, 6.45) is -2.63. The molecule has 3 nitrogen and oxygen atoms in total. The molecule has 1 unspecified atom stereocenters. The van der Waals surface area contributed by atoms with Crippen LogP contribution in [0.1, 0.15) is 30.9 Å². The van der Waals surface area contributed by atoms with E-state index >= 15 is 0 Å². The Labute approximate surface area is 108 Å². The maximum Gasteiger partial charge on any atom is 0.416 e. The zero-order chi connectivity index (χ0) is 14.3. The highest BCUT2D eigenvalue weighted by Gasteiger charge is 2.40. The van der Waals surface area contributed by atoms with Crippen LogP contribution in [-0.4, -0.2) is 17.1 Å². The second-order valence-corrected chi connectivity index (χ2v) is 4.92. The number of aliphatic carboxylic acids is 1. The fourth-order valence-electron chi connectivity index (χ4n) is 1.90. The highest BCUT2D eigenvalue weighted by atomic mass is 19.4. The second kappa shape index (κ2) is 4.52. The Bertz CT molecular complexity index is 480. The molecule has 104 valence electrons. The summed E-state index contributed by atoms with van der Waals surface area (Å²) in [6, 6.07) is 4.37. The maximum absolute atomic E-state index is 12.5. The molecule has 1 saturated carbocycles. The van der Waals surface area contributed by atoms with Gasteiger partial charge >= 0.3 is 12.1 Å². The van der Waals surface area contributed by atoms with E-state index in [4.69, 9.17) is 0 Å². The van der Waals surface area contributed by atoms with Crippen LogP contribution in [-0.2, 0) is 16.5 Å². The Morgan fingerprint density at radius 1 is 1.21 bits per heavy atom. The van der Waals surface area contributed by atoms with E-state index in [1.54, 1.807) is 0 Å². The Kier molecular flexibility index (Phi) is 3.30. The average Bonchev–Trinajstić information content (AvgIpc) is 3.11. The van der Waals surface area contributed by atoms with E-state index in [-0.39, 0.29) is 6.04 Å². The molecule has 1 aliphatic rings. The van der Waals surface area contributed by atoms with E-state index in [0.717, 1.165) is 25.0 Å². The second-order valence-electron chi connectivity index (χ2n) is 4.92. The molecular formula is C13H14F3NO2. The lowest BCUT2D eigenvalue weighted by Crippen LogP contribution is -2.47. The predicted molar refractivity (Wildman–Crippen MR) is 62.6 cm³/mol. The molecule has 0 aromatic heterocycles. The molecule has 0 spiro atoms. The SMILES string of the molecule is CC(NC1CC1)(C(=O)O)c1ccc(C(F)(F)F)cc1. The number of nitrogens with one attached hydrogen (secondary N) is 1. The molecule has 0 heterocycles. The maximum atomic E-state index is 12.5. The molecule has 1 atom stereocenters. The van der Waals surface area contributed by atoms with E-state index in [0.29, 0.717) is 5.56 Å². The molecule has 0 radical (unpaired) electrons. The van der Waals surface area contributed by atoms with Crippen LogP contribution in [0.5, 0.6) is 0 Å². The van der Waals surface area contributed by atoms with Gasteiger partial charge in [-0.3, -0.25) is 5.32 Å². The molecule has 0 bridgehead atoms. The van der Waals surface area contributed by atoms with Gasteiger partial charge in [-0.2, -0.15) is 13.2 Å². The first-order valence-electron chi connectivity index (χ1n) is 5.92. The van der Waals surface area contributed by atoms with E-state index in [1.165, 1.54) is 19.1 Å². The minimum Gasteiger partial charge on any atom is -0.480 e. The van der Waals surface area contributed by atoms with Crippen molar-refractivity contribution in [2.75, 3.05) is 0 Å². The molecule has 1 fully saturated rings. The molecule has 0 saturated heterocycles. The average molecular weight is 273 g/mol. The molecule has 0 aliphatic heterocycles. The van der Waals surface area contributed by atoms with Crippen LogP contribution in [0, 0.1) is 0 Å². The number of halogens is 3. The van der Waals surface area contributed by atoms with Crippen molar-refractivity contribution in [2.24, 2.45) is 0 Å². The van der Waals surface area contributed by atoms with E-state index in [1.807, 2.05) is 0 Å². The van der Waals surface area contributed by atoms with Gasteiger partial charge in [0.15, 0.2) is 0 Å². The Morgan fingerprint density at radius 3 is 2.05 bits per heavy atom. The Balaban J connectivity index is 2.29. The minimum absolute atomic E-state index is 0.128. The number of carboxylic acid groups (broad SMARTS) is 1. The topological polar surface area (TPSA) is 49.3 Å². The molecule has 6 heteroatoms. The fraction of sp³-hybridized carbons (Fsp3) is 0.462. The van der Waals surface area contributed by atoms with E-state index in [9.17, 15) is 23.1 Å². The molecular weight excluding hydrogens is 259 g/mol. The summed E-state index contributed by atoms with van der Waals surface area (Å²) < 4.78 is 37.4. The van der Waals surface area contributed by atoms with Crippen LogP contribution >= 0.6 is 0 Å². The molecule has 1 aliphatic carbocycles. The van der Waals surface area contributed by atoms with Crippen LogP contribution in [0.4, 0.5) is 13.2 Å². The summed E-state index contributed by atoms with van der Waals surface area (Å²) >= 11 is 0. The first kappa shape index (κ1) is 13.9. The first-order valence-corrected chi connectivity index (χ1v) is 5.92. The molecule has 1 aromatic rings. The smallest absolute Gasteiger partial charge is 0.416 e. The van der Waals surface area contributed by atoms with E-state index < -0.39 is 23.2 Å². The molecule has 19 heavy (non-hydrogen) atoms. The van der Waals surface area contributed by atoms with Gasteiger partial charge in [0.1, 0.15) is 5.54 Å². The van der Waals surface area contributed by atoms with Gasteiger partial charge in [-0.25, -0.2) is 4.79 Å². The first-order chi connectivity index (χ1) is 8.73. The summed E-state index contributed by atoms with van der Waals surface area (Å²) in [5, 5.41) is 12.3. The van der Waals surface area contributed by atoms with Crippen molar-refractivity contribution in [3.05, 3.63) is 35.4 Å². The van der Waals surface area contributed by atoms with Crippen molar-refractivity contribution in [3.8, 4) is 0 Å². The lowest BCUT2D eigenvalue weighted by Gasteiger charge is -2.27. The van der Waals surface area contributed by atoms with Crippen LogP contribution < -0.4 is 5.32 Å². The number of benzene rings is 1. The summed E-state index contributed by atoms with van der Waals surface area (Å²) in [4.78, 5) is 11.4. The standard InChI is InChI=1S/C13H14F3NO2/c1-12(11(18)19,17-10-6-7-10)8-2-4-9(5-3-8)13(14,15)16/h2-5,10,17H,6-7H2,1H3,(H,18,19). The fourth-order valence-corrected chi connectivity index (χ4v) is 1.90. The quantitative estimate of drug-likeness (QED) is 0.886. The lowest BCUT2D eigenvalue weighted by atomic mass is 9.91. The van der Waals surface area contributed by atoms with Crippen LogP contribution in [0.3, 0.4) is 0 Å². The van der Waals surface area contributed by atoms with Gasteiger partial charge in [-0.05, 0) is 37.5 Å². The van der Waals surface area contributed by atoms with Gasteiger partial charge in [-0.1, -0.05) is 12.1 Å². The molecule has 0 amide bonds. The summed E-state index contributed by atoms with van der Waals surface area (Å²) in [5.41, 5.74) is -1.82. The summed E-state index contributed by atoms with van der Waals surface area (Å²) in [6.45, 7) is 1.47. The van der Waals surface area contributed by atoms with Gasteiger partial charge in [0.2, 0.25) is 0 Å². The zero-order valence-electron chi connectivity index (χ0n) is 10.3. The zero-order valence-corrected chi connectivity index (χ0v) is 10.3. The molecule has 2 rings (SSSR count). The lowest BCUT2D eigenvalue weighted by molar-refractivity contribution is -0.144. The Hall–Kier alpha value is -1.56. The van der Waals surface area contributed by atoms with Gasteiger partial charge in [0.05, 0.1) is 5.56 Å². The van der Waals surface area contributed by atoms with Crippen LogP contribution in [0.25, 0.3) is 0 Å². The third kappa shape index (κ3) is 2.89. The van der Waals surface area contributed by atoms with Gasteiger partial charge in [-0.15, -0.1) is 0 Å². The molecule has 2 N–H and O–H groups in total. The third-order valence-corrected chi connectivity index (χ3v) is 3.29. The van der Waals surface area contributed by atoms with E-state index in [2.05, 4.69) is 5.32 Å². The summed E-state index contributed by atoms with van der Waals surface area (Å²) in [7, 11) is 0. The van der Waals surface area contributed by atoms with Gasteiger partial charge in [0, 0.05) is 6.04 Å². The third-order valence-electron chi connectivity index (χ3n) is 3.29. The summed E-state index contributed by atoms with van der Waals surface area (Å²) in [5.74, 6) is -1.10. The van der Waals surface area contributed by atoms with Crippen molar-refractivity contribution in [1.82, 2.24) is 5.32 Å². The van der Waals surface area contributed by atoms with Crippen molar-refractivity contribution in [3.63, 3.8) is 0 Å².